The maximum atomic E-state index is 5.88. The fourth-order valence-corrected chi connectivity index (χ4v) is 3.40. The van der Waals surface area contributed by atoms with E-state index in [4.69, 9.17) is 10.5 Å². The predicted molar refractivity (Wildman–Crippen MR) is 78.7 cm³/mol. The van der Waals surface area contributed by atoms with Crippen molar-refractivity contribution in [3.05, 3.63) is 29.8 Å². The van der Waals surface area contributed by atoms with Gasteiger partial charge in [-0.15, -0.1) is 0 Å². The van der Waals surface area contributed by atoms with Gasteiger partial charge in [0, 0.05) is 31.3 Å². The van der Waals surface area contributed by atoms with E-state index in [0.717, 1.165) is 32.7 Å². The Labute approximate surface area is 115 Å². The van der Waals surface area contributed by atoms with Crippen LogP contribution in [0.25, 0.3) is 0 Å². The van der Waals surface area contributed by atoms with E-state index in [2.05, 4.69) is 29.2 Å². The average molecular weight is 260 g/mol. The van der Waals surface area contributed by atoms with Crippen LogP contribution in [-0.2, 0) is 4.74 Å². The lowest BCUT2D eigenvalue weighted by Gasteiger charge is -2.29. The number of ether oxygens (including phenoxy) is 1. The van der Waals surface area contributed by atoms with Gasteiger partial charge in [0.05, 0.1) is 6.10 Å². The number of nitrogens with zero attached hydrogens (tertiary/aromatic N) is 1. The molecule has 0 saturated carbocycles. The molecule has 0 amide bonds. The summed E-state index contributed by atoms with van der Waals surface area (Å²) in [4.78, 5) is 2.51. The topological polar surface area (TPSA) is 38.5 Å². The Morgan fingerprint density at radius 2 is 2.16 bits per heavy atom. The van der Waals surface area contributed by atoms with E-state index in [9.17, 15) is 0 Å². The Hall–Kier alpha value is -1.06. The largest absolute Gasteiger partial charge is 0.376 e. The van der Waals surface area contributed by atoms with Crippen molar-refractivity contribution in [1.82, 2.24) is 0 Å². The lowest BCUT2D eigenvalue weighted by Crippen LogP contribution is -2.35. The quantitative estimate of drug-likeness (QED) is 0.904. The summed E-state index contributed by atoms with van der Waals surface area (Å²) in [5.41, 5.74) is 8.63. The maximum Gasteiger partial charge on any atom is 0.0749 e. The van der Waals surface area contributed by atoms with Crippen LogP contribution in [-0.4, -0.2) is 32.3 Å². The summed E-state index contributed by atoms with van der Waals surface area (Å²) in [5, 5.41) is 0. The van der Waals surface area contributed by atoms with Crippen molar-refractivity contribution in [3.8, 4) is 0 Å². The molecule has 2 heterocycles. The molecule has 3 nitrogen and oxygen atoms in total. The molecule has 0 radical (unpaired) electrons. The smallest absolute Gasteiger partial charge is 0.0749 e. The van der Waals surface area contributed by atoms with Crippen LogP contribution in [0, 0.1) is 0 Å². The Kier molecular flexibility index (Phi) is 4.04. The van der Waals surface area contributed by atoms with Gasteiger partial charge in [-0.25, -0.2) is 0 Å². The van der Waals surface area contributed by atoms with Gasteiger partial charge in [0.1, 0.15) is 0 Å². The minimum absolute atomic E-state index is 0.415. The van der Waals surface area contributed by atoms with Crippen molar-refractivity contribution in [3.63, 3.8) is 0 Å². The van der Waals surface area contributed by atoms with Gasteiger partial charge in [0.2, 0.25) is 0 Å². The molecule has 2 N–H and O–H groups in total. The fraction of sp³-hybridized carbons (Fsp3) is 0.625. The summed E-state index contributed by atoms with van der Waals surface area (Å²) in [7, 11) is 0. The minimum Gasteiger partial charge on any atom is -0.376 e. The molecule has 2 aliphatic rings. The molecule has 0 spiro atoms. The molecule has 0 bridgehead atoms. The van der Waals surface area contributed by atoms with Gasteiger partial charge in [-0.05, 0) is 43.9 Å². The highest BCUT2D eigenvalue weighted by atomic mass is 16.5. The average Bonchev–Trinajstić information content (AvgIpc) is 2.79. The Morgan fingerprint density at radius 1 is 1.26 bits per heavy atom. The van der Waals surface area contributed by atoms with Crippen LogP contribution in [0.5, 0.6) is 0 Å². The van der Waals surface area contributed by atoms with Crippen LogP contribution in [0.4, 0.5) is 5.69 Å². The summed E-state index contributed by atoms with van der Waals surface area (Å²) in [5.74, 6) is 0.602. The van der Waals surface area contributed by atoms with E-state index in [1.165, 1.54) is 30.5 Å². The number of fused-ring (bicyclic) bond motifs is 1. The molecule has 2 aliphatic heterocycles. The summed E-state index contributed by atoms with van der Waals surface area (Å²) >= 11 is 0. The molecular formula is C16H24N2O. The maximum absolute atomic E-state index is 5.88. The number of nitrogens with two attached hydrogens (primary N) is 1. The first kappa shape index (κ1) is 12.9. The van der Waals surface area contributed by atoms with Crippen molar-refractivity contribution in [2.75, 3.05) is 31.1 Å². The molecule has 19 heavy (non-hydrogen) atoms. The van der Waals surface area contributed by atoms with Crippen molar-refractivity contribution < 1.29 is 4.74 Å². The highest BCUT2D eigenvalue weighted by Crippen LogP contribution is 2.38. The molecule has 2 unspecified atom stereocenters. The summed E-state index contributed by atoms with van der Waals surface area (Å²) in [6, 6.07) is 8.79. The van der Waals surface area contributed by atoms with Gasteiger partial charge in [0.25, 0.3) is 0 Å². The second-order valence-corrected chi connectivity index (χ2v) is 5.73. The van der Waals surface area contributed by atoms with Crippen LogP contribution in [0.3, 0.4) is 0 Å². The molecule has 104 valence electrons. The van der Waals surface area contributed by atoms with E-state index in [0.29, 0.717) is 12.0 Å². The lowest BCUT2D eigenvalue weighted by molar-refractivity contribution is 0.0211. The summed E-state index contributed by atoms with van der Waals surface area (Å²) < 4.78 is 5.88. The Morgan fingerprint density at radius 3 is 2.95 bits per heavy atom. The van der Waals surface area contributed by atoms with Gasteiger partial charge in [0.15, 0.2) is 0 Å². The third kappa shape index (κ3) is 2.77. The highest BCUT2D eigenvalue weighted by molar-refractivity contribution is 5.60. The zero-order valence-electron chi connectivity index (χ0n) is 11.6. The number of rotatable bonds is 4. The van der Waals surface area contributed by atoms with Crippen LogP contribution in [0.2, 0.25) is 0 Å². The number of hydrogen-bond donors (Lipinski definition) is 1. The summed E-state index contributed by atoms with van der Waals surface area (Å²) in [6.07, 6.45) is 5.24. The molecule has 1 saturated heterocycles. The van der Waals surface area contributed by atoms with Crippen molar-refractivity contribution in [2.45, 2.75) is 37.7 Å². The fourth-order valence-electron chi connectivity index (χ4n) is 3.40. The first-order chi connectivity index (χ1) is 9.38. The van der Waals surface area contributed by atoms with Gasteiger partial charge >= 0.3 is 0 Å². The second-order valence-electron chi connectivity index (χ2n) is 5.73. The molecule has 2 atom stereocenters. The predicted octanol–water partition coefficient (Wildman–Crippen LogP) is 2.51. The zero-order chi connectivity index (χ0) is 13.1. The van der Waals surface area contributed by atoms with E-state index in [1.54, 1.807) is 0 Å². The first-order valence-corrected chi connectivity index (χ1v) is 7.54. The highest BCUT2D eigenvalue weighted by Gasteiger charge is 2.29. The van der Waals surface area contributed by atoms with Crippen LogP contribution in [0.15, 0.2) is 24.3 Å². The SMILES string of the molecule is NCCC1CN(CC2CCCCO2)c2ccccc21. The molecule has 1 fully saturated rings. The normalized spacial score (nSPS) is 26.5. The van der Waals surface area contributed by atoms with E-state index in [-0.39, 0.29) is 0 Å². The summed E-state index contributed by atoms with van der Waals surface area (Å²) in [6.45, 7) is 3.85. The Bertz CT molecular complexity index is 415. The molecule has 3 heteroatoms. The molecule has 0 aliphatic carbocycles. The van der Waals surface area contributed by atoms with Crippen LogP contribution >= 0.6 is 0 Å². The molecule has 1 aromatic rings. The van der Waals surface area contributed by atoms with Gasteiger partial charge < -0.3 is 15.4 Å². The molecule has 0 aromatic heterocycles. The van der Waals surface area contributed by atoms with Gasteiger partial charge in [-0.1, -0.05) is 18.2 Å². The number of para-hydroxylation sites is 1. The van der Waals surface area contributed by atoms with E-state index in [1.807, 2.05) is 0 Å². The molecule has 3 rings (SSSR count). The standard InChI is InChI=1S/C16H24N2O/c17-9-8-13-11-18(12-14-5-3-4-10-19-14)16-7-2-1-6-15(13)16/h1-2,6-7,13-14H,3-5,8-12,17H2. The van der Waals surface area contributed by atoms with E-state index < -0.39 is 0 Å². The Balaban J connectivity index is 1.72. The third-order valence-electron chi connectivity index (χ3n) is 4.37. The minimum atomic E-state index is 0.415. The molecular weight excluding hydrogens is 236 g/mol. The zero-order valence-corrected chi connectivity index (χ0v) is 11.6. The van der Waals surface area contributed by atoms with E-state index >= 15 is 0 Å². The monoisotopic (exact) mass is 260 g/mol. The second kappa shape index (κ2) is 5.93. The number of anilines is 1. The number of hydrogen-bond acceptors (Lipinski definition) is 3. The van der Waals surface area contributed by atoms with Crippen molar-refractivity contribution in [2.24, 2.45) is 5.73 Å². The molecule has 1 aromatic carbocycles. The van der Waals surface area contributed by atoms with Crippen molar-refractivity contribution >= 4 is 5.69 Å². The van der Waals surface area contributed by atoms with Gasteiger partial charge in [-0.2, -0.15) is 0 Å². The van der Waals surface area contributed by atoms with Crippen molar-refractivity contribution in [1.29, 1.82) is 0 Å². The number of benzene rings is 1. The third-order valence-corrected chi connectivity index (χ3v) is 4.37. The lowest BCUT2D eigenvalue weighted by atomic mass is 9.98. The van der Waals surface area contributed by atoms with Crippen LogP contribution < -0.4 is 10.6 Å². The van der Waals surface area contributed by atoms with Crippen LogP contribution in [0.1, 0.15) is 37.2 Å². The van der Waals surface area contributed by atoms with Gasteiger partial charge in [-0.3, -0.25) is 0 Å². The first-order valence-electron chi connectivity index (χ1n) is 7.54.